The fourth-order valence-electron chi connectivity index (χ4n) is 1.98. The maximum atomic E-state index is 11.9. The van der Waals surface area contributed by atoms with Gasteiger partial charge in [0.25, 0.3) is 0 Å². The van der Waals surface area contributed by atoms with Gasteiger partial charge in [-0.25, -0.2) is 4.79 Å². The molecule has 0 aromatic heterocycles. The van der Waals surface area contributed by atoms with E-state index in [4.69, 9.17) is 20.9 Å². The summed E-state index contributed by atoms with van der Waals surface area (Å²) in [6.45, 7) is 2.54. The molecular formula is C13H19N3O3. The fraction of sp³-hybridized carbons (Fsp3) is 0.462. The lowest BCUT2D eigenvalue weighted by Gasteiger charge is -2.29. The summed E-state index contributed by atoms with van der Waals surface area (Å²) in [6.07, 6.45) is -0.0855. The number of nitrogens with zero attached hydrogens (tertiary/aromatic N) is 1. The van der Waals surface area contributed by atoms with Crippen LogP contribution in [0.1, 0.15) is 10.4 Å². The van der Waals surface area contributed by atoms with Crippen molar-refractivity contribution in [1.29, 1.82) is 0 Å². The number of carbonyl (C=O) groups is 1. The Hall–Kier alpha value is -1.79. The zero-order chi connectivity index (χ0) is 13.8. The summed E-state index contributed by atoms with van der Waals surface area (Å²) in [5, 5.41) is 0. The third-order valence-corrected chi connectivity index (χ3v) is 3.04. The van der Waals surface area contributed by atoms with Crippen molar-refractivity contribution in [2.24, 2.45) is 0 Å². The van der Waals surface area contributed by atoms with Crippen LogP contribution in [0.25, 0.3) is 0 Å². The second-order valence-electron chi connectivity index (χ2n) is 4.70. The number of ether oxygens (including phenoxy) is 2. The van der Waals surface area contributed by atoms with Crippen LogP contribution in [0.15, 0.2) is 18.2 Å². The van der Waals surface area contributed by atoms with Crippen molar-refractivity contribution in [3.05, 3.63) is 23.8 Å². The molecule has 0 saturated carbocycles. The smallest absolute Gasteiger partial charge is 0.340 e. The van der Waals surface area contributed by atoms with E-state index in [-0.39, 0.29) is 12.7 Å². The van der Waals surface area contributed by atoms with Crippen molar-refractivity contribution in [1.82, 2.24) is 4.90 Å². The molecule has 6 nitrogen and oxygen atoms in total. The van der Waals surface area contributed by atoms with Crippen molar-refractivity contribution in [3.63, 3.8) is 0 Å². The molecule has 1 heterocycles. The topological polar surface area (TPSA) is 90.8 Å². The van der Waals surface area contributed by atoms with E-state index in [1.165, 1.54) is 0 Å². The van der Waals surface area contributed by atoms with Gasteiger partial charge in [0.2, 0.25) is 0 Å². The van der Waals surface area contributed by atoms with Gasteiger partial charge in [0.05, 0.1) is 12.2 Å². The number of nitrogens with two attached hydrogens (primary N) is 2. The first-order chi connectivity index (χ1) is 9.06. The Morgan fingerprint density at radius 3 is 3.00 bits per heavy atom. The zero-order valence-corrected chi connectivity index (χ0v) is 11.0. The molecule has 0 bridgehead atoms. The highest BCUT2D eigenvalue weighted by atomic mass is 16.6. The monoisotopic (exact) mass is 265 g/mol. The Balaban J connectivity index is 1.90. The number of esters is 1. The molecule has 1 aliphatic rings. The molecule has 1 saturated heterocycles. The molecule has 104 valence electrons. The minimum Gasteiger partial charge on any atom is -0.459 e. The van der Waals surface area contributed by atoms with Gasteiger partial charge >= 0.3 is 5.97 Å². The highest BCUT2D eigenvalue weighted by Gasteiger charge is 2.20. The van der Waals surface area contributed by atoms with Crippen molar-refractivity contribution >= 4 is 17.3 Å². The molecule has 0 spiro atoms. The van der Waals surface area contributed by atoms with E-state index in [0.717, 1.165) is 13.1 Å². The number of hydrogen-bond donors (Lipinski definition) is 2. The van der Waals surface area contributed by atoms with Gasteiger partial charge in [-0.2, -0.15) is 0 Å². The molecule has 0 amide bonds. The zero-order valence-electron chi connectivity index (χ0n) is 11.0. The van der Waals surface area contributed by atoms with Crippen molar-refractivity contribution in [2.45, 2.75) is 6.10 Å². The predicted octanol–water partition coefficient (Wildman–Crippen LogP) is 0.338. The Bertz CT molecular complexity index is 464. The van der Waals surface area contributed by atoms with Crippen LogP contribution in [0.4, 0.5) is 11.4 Å². The van der Waals surface area contributed by atoms with Gasteiger partial charge in [-0.1, -0.05) is 0 Å². The number of rotatable bonds is 3. The van der Waals surface area contributed by atoms with Crippen LogP contribution in [0.2, 0.25) is 0 Å². The molecule has 4 N–H and O–H groups in total. The molecule has 1 aromatic rings. The normalized spacial score (nSPS) is 20.2. The van der Waals surface area contributed by atoms with Crippen molar-refractivity contribution in [2.75, 3.05) is 44.8 Å². The number of hydrogen-bond acceptors (Lipinski definition) is 6. The number of benzene rings is 1. The average molecular weight is 265 g/mol. The third-order valence-electron chi connectivity index (χ3n) is 3.04. The molecule has 0 aliphatic carbocycles. The first-order valence-corrected chi connectivity index (χ1v) is 6.18. The number of nitrogen functional groups attached to an aromatic ring is 2. The predicted molar refractivity (Wildman–Crippen MR) is 72.8 cm³/mol. The Labute approximate surface area is 112 Å². The summed E-state index contributed by atoms with van der Waals surface area (Å²) in [7, 11) is 2.01. The highest BCUT2D eigenvalue weighted by Crippen LogP contribution is 2.17. The summed E-state index contributed by atoms with van der Waals surface area (Å²) in [5.41, 5.74) is 12.5. The Kier molecular flexibility index (Phi) is 4.24. The number of likely N-dealkylation sites (N-methyl/N-ethyl adjacent to an activating group) is 1. The van der Waals surface area contributed by atoms with Gasteiger partial charge < -0.3 is 25.8 Å². The molecule has 2 rings (SSSR count). The van der Waals surface area contributed by atoms with Crippen LogP contribution < -0.4 is 11.5 Å². The number of carbonyl (C=O) groups excluding carboxylic acids is 1. The lowest BCUT2D eigenvalue weighted by Crippen LogP contribution is -2.42. The Morgan fingerprint density at radius 2 is 2.32 bits per heavy atom. The van der Waals surface area contributed by atoms with E-state index in [1.54, 1.807) is 18.2 Å². The van der Waals surface area contributed by atoms with E-state index in [0.29, 0.717) is 23.5 Å². The molecule has 19 heavy (non-hydrogen) atoms. The molecule has 6 heteroatoms. The molecule has 1 unspecified atom stereocenters. The second kappa shape index (κ2) is 5.90. The minimum atomic E-state index is -0.450. The van der Waals surface area contributed by atoms with Crippen LogP contribution >= 0.6 is 0 Å². The average Bonchev–Trinajstić information content (AvgIpc) is 2.36. The SMILES string of the molecule is CN1CCOC(COC(=O)c2ccc(N)cc2N)C1. The number of anilines is 2. The van der Waals surface area contributed by atoms with Crippen LogP contribution in [0, 0.1) is 0 Å². The first-order valence-electron chi connectivity index (χ1n) is 6.18. The van der Waals surface area contributed by atoms with Crippen molar-refractivity contribution in [3.8, 4) is 0 Å². The van der Waals surface area contributed by atoms with E-state index in [1.807, 2.05) is 7.05 Å². The summed E-state index contributed by atoms with van der Waals surface area (Å²) in [5.74, 6) is -0.450. The molecule has 0 radical (unpaired) electrons. The maximum Gasteiger partial charge on any atom is 0.340 e. The van der Waals surface area contributed by atoms with Gasteiger partial charge in [-0.3, -0.25) is 0 Å². The quantitative estimate of drug-likeness (QED) is 0.605. The van der Waals surface area contributed by atoms with Gasteiger partial charge in [-0.15, -0.1) is 0 Å². The van der Waals surface area contributed by atoms with Gasteiger partial charge in [-0.05, 0) is 25.2 Å². The van der Waals surface area contributed by atoms with Crippen LogP contribution in [-0.2, 0) is 9.47 Å². The third kappa shape index (κ3) is 3.59. The summed E-state index contributed by atoms with van der Waals surface area (Å²) < 4.78 is 10.7. The maximum absolute atomic E-state index is 11.9. The molecule has 1 aliphatic heterocycles. The van der Waals surface area contributed by atoms with Gasteiger partial charge in [0.1, 0.15) is 12.7 Å². The summed E-state index contributed by atoms with van der Waals surface area (Å²) >= 11 is 0. The van der Waals surface area contributed by atoms with Crippen molar-refractivity contribution < 1.29 is 14.3 Å². The van der Waals surface area contributed by atoms with E-state index < -0.39 is 5.97 Å². The highest BCUT2D eigenvalue weighted by molar-refractivity contribution is 5.95. The van der Waals surface area contributed by atoms with Crippen LogP contribution in [0.5, 0.6) is 0 Å². The minimum absolute atomic E-state index is 0.0855. The van der Waals surface area contributed by atoms with E-state index >= 15 is 0 Å². The Morgan fingerprint density at radius 1 is 1.53 bits per heavy atom. The number of morpholine rings is 1. The van der Waals surface area contributed by atoms with Crippen LogP contribution in [-0.4, -0.2) is 50.3 Å². The largest absolute Gasteiger partial charge is 0.459 e. The second-order valence-corrected chi connectivity index (χ2v) is 4.70. The summed E-state index contributed by atoms with van der Waals surface area (Å²) in [4.78, 5) is 14.0. The van der Waals surface area contributed by atoms with E-state index in [9.17, 15) is 4.79 Å². The first kappa shape index (κ1) is 13.6. The fourth-order valence-corrected chi connectivity index (χ4v) is 1.98. The molecule has 1 atom stereocenters. The van der Waals surface area contributed by atoms with Gasteiger partial charge in [0, 0.05) is 24.5 Å². The standard InChI is InChI=1S/C13H19N3O3/c1-16-4-5-18-10(7-16)8-19-13(17)11-3-2-9(14)6-12(11)15/h2-3,6,10H,4-5,7-8,14-15H2,1H3. The molecular weight excluding hydrogens is 246 g/mol. The summed E-state index contributed by atoms with van der Waals surface area (Å²) in [6, 6.07) is 4.74. The van der Waals surface area contributed by atoms with E-state index in [2.05, 4.69) is 4.90 Å². The molecule has 1 aromatic carbocycles. The van der Waals surface area contributed by atoms with Gasteiger partial charge in [0.15, 0.2) is 0 Å². The lowest BCUT2D eigenvalue weighted by molar-refractivity contribution is -0.0528. The van der Waals surface area contributed by atoms with Crippen LogP contribution in [0.3, 0.4) is 0 Å². The molecule has 1 fully saturated rings. The lowest BCUT2D eigenvalue weighted by atomic mass is 10.1.